The molecule has 4 atom stereocenters. The number of amides is 1. The van der Waals surface area contributed by atoms with Gasteiger partial charge in [-0.15, -0.1) is 0 Å². The third-order valence-electron chi connectivity index (χ3n) is 11.1. The fraction of sp³-hybridized carbons (Fsp3) is 0.351. The summed E-state index contributed by atoms with van der Waals surface area (Å²) in [7, 11) is 1.69. The van der Waals surface area contributed by atoms with Crippen molar-refractivity contribution in [3.05, 3.63) is 90.5 Å². The number of rotatable bonds is 8. The Labute approximate surface area is 266 Å². The maximum absolute atomic E-state index is 14.0. The van der Waals surface area contributed by atoms with Gasteiger partial charge in [-0.05, 0) is 85.8 Å². The lowest BCUT2D eigenvalue weighted by Crippen LogP contribution is -2.53. The molecule has 3 unspecified atom stereocenters. The summed E-state index contributed by atoms with van der Waals surface area (Å²) in [5.74, 6) is 4.57. The summed E-state index contributed by atoms with van der Waals surface area (Å²) in [6, 6.07) is 19.1. The van der Waals surface area contributed by atoms with Gasteiger partial charge in [-0.1, -0.05) is 18.2 Å². The number of likely N-dealkylation sites (tertiary alicyclic amines) is 1. The van der Waals surface area contributed by atoms with Gasteiger partial charge in [-0.2, -0.15) is 5.10 Å². The van der Waals surface area contributed by atoms with E-state index >= 15 is 0 Å². The van der Waals surface area contributed by atoms with Crippen LogP contribution in [0, 0.1) is 23.7 Å². The van der Waals surface area contributed by atoms with Crippen LogP contribution in [0.15, 0.2) is 79.4 Å². The van der Waals surface area contributed by atoms with Crippen LogP contribution in [0.5, 0.6) is 5.75 Å². The fourth-order valence-corrected chi connectivity index (χ4v) is 8.63. The van der Waals surface area contributed by atoms with Gasteiger partial charge in [0.1, 0.15) is 11.3 Å². The van der Waals surface area contributed by atoms with Gasteiger partial charge in [0.2, 0.25) is 0 Å². The predicted octanol–water partition coefficient (Wildman–Crippen LogP) is 6.19. The number of hydrogen-bond donors (Lipinski definition) is 0. The second-order valence-corrected chi connectivity index (χ2v) is 13.8. The average Bonchev–Trinajstić information content (AvgIpc) is 3.47. The van der Waals surface area contributed by atoms with Crippen LogP contribution in [-0.2, 0) is 13.1 Å². The summed E-state index contributed by atoms with van der Waals surface area (Å²) in [6.45, 7) is 2.39. The third kappa shape index (κ3) is 3.93. The summed E-state index contributed by atoms with van der Waals surface area (Å²) < 4.78 is 12.6. The van der Waals surface area contributed by atoms with E-state index in [1.54, 1.807) is 13.3 Å². The standard InChI is InChI=1S/C37H35N7O2/c1-46-33-15-26(37(45)42-21-27-11-25-14-31(42)34(25)27)12-29-35(33)43(19-23-16-39-44(20-23)28-6-4-10-38-17-28)36(40-29)32-13-24-5-2-3-7-30(24)41(32)18-22-8-9-22/h2-7,10,12-13,15-17,20,22,25,27,31,34H,8-9,11,14,18-19,21H2,1H3/t25?,27?,31?,34-/m1/s1. The minimum absolute atomic E-state index is 0.106. The zero-order valence-corrected chi connectivity index (χ0v) is 25.8. The van der Waals surface area contributed by atoms with Crippen molar-refractivity contribution < 1.29 is 9.53 Å². The van der Waals surface area contributed by atoms with E-state index in [1.807, 2.05) is 47.5 Å². The maximum atomic E-state index is 14.0. The van der Waals surface area contributed by atoms with Crippen LogP contribution in [0.2, 0.25) is 0 Å². The van der Waals surface area contributed by atoms with Gasteiger partial charge < -0.3 is 18.8 Å². The number of methoxy groups -OCH3 is 1. The van der Waals surface area contributed by atoms with Gasteiger partial charge in [-0.3, -0.25) is 9.78 Å². The number of ether oxygens (including phenoxy) is 1. The summed E-state index contributed by atoms with van der Waals surface area (Å²) in [6.07, 6.45) is 12.5. The summed E-state index contributed by atoms with van der Waals surface area (Å²) in [4.78, 5) is 25.8. The van der Waals surface area contributed by atoms with E-state index in [-0.39, 0.29) is 5.91 Å². The highest BCUT2D eigenvalue weighted by molar-refractivity contribution is 6.00. The maximum Gasteiger partial charge on any atom is 0.254 e. The van der Waals surface area contributed by atoms with Crippen molar-refractivity contribution >= 4 is 27.8 Å². The number of nitrogens with zero attached hydrogens (tertiary/aromatic N) is 7. The molecule has 10 rings (SSSR count). The first-order chi connectivity index (χ1) is 22.6. The number of fused-ring (bicyclic) bond motifs is 2. The van der Waals surface area contributed by atoms with E-state index in [2.05, 4.69) is 54.4 Å². The molecule has 9 heteroatoms. The molecule has 0 bridgehead atoms. The van der Waals surface area contributed by atoms with Gasteiger partial charge in [0.05, 0.1) is 42.9 Å². The molecule has 0 spiro atoms. The molecule has 1 aliphatic heterocycles. The lowest BCUT2D eigenvalue weighted by Gasteiger charge is -2.52. The molecule has 230 valence electrons. The van der Waals surface area contributed by atoms with Crippen LogP contribution in [0.25, 0.3) is 39.1 Å². The van der Waals surface area contributed by atoms with Crippen molar-refractivity contribution in [1.29, 1.82) is 0 Å². The van der Waals surface area contributed by atoms with Crippen LogP contribution in [-0.4, -0.2) is 59.4 Å². The number of carbonyl (C=O) groups excluding carboxylic acids is 1. The molecule has 5 heterocycles. The first kappa shape index (κ1) is 26.3. The Morgan fingerprint density at radius 1 is 1.00 bits per heavy atom. The largest absolute Gasteiger partial charge is 0.494 e. The zero-order valence-electron chi connectivity index (χ0n) is 25.8. The lowest BCUT2D eigenvalue weighted by molar-refractivity contribution is -0.0204. The van der Waals surface area contributed by atoms with E-state index in [0.717, 1.165) is 65.1 Å². The highest BCUT2D eigenvalue weighted by Gasteiger charge is 2.61. The van der Waals surface area contributed by atoms with Crippen molar-refractivity contribution in [2.75, 3.05) is 13.7 Å². The molecule has 46 heavy (non-hydrogen) atoms. The molecule has 3 saturated carbocycles. The molecule has 0 radical (unpaired) electrons. The number of para-hydroxylation sites is 1. The van der Waals surface area contributed by atoms with Crippen LogP contribution >= 0.6 is 0 Å². The number of carbonyl (C=O) groups is 1. The Morgan fingerprint density at radius 3 is 2.72 bits per heavy atom. The molecule has 0 N–H and O–H groups in total. The van der Waals surface area contributed by atoms with Crippen LogP contribution in [0.4, 0.5) is 0 Å². The fourth-order valence-electron chi connectivity index (χ4n) is 8.63. The zero-order chi connectivity index (χ0) is 30.5. The monoisotopic (exact) mass is 609 g/mol. The first-order valence-electron chi connectivity index (χ1n) is 16.5. The quantitative estimate of drug-likeness (QED) is 0.206. The predicted molar refractivity (Wildman–Crippen MR) is 175 cm³/mol. The van der Waals surface area contributed by atoms with Crippen LogP contribution < -0.4 is 4.74 Å². The number of imidazole rings is 1. The van der Waals surface area contributed by atoms with Gasteiger partial charge in [-0.25, -0.2) is 9.67 Å². The smallest absolute Gasteiger partial charge is 0.254 e. The minimum Gasteiger partial charge on any atom is -0.494 e. The van der Waals surface area contributed by atoms with Gasteiger partial charge in [0, 0.05) is 53.6 Å². The molecule has 2 aromatic carbocycles. The Hall–Kier alpha value is -4.92. The van der Waals surface area contributed by atoms with Crippen molar-refractivity contribution in [2.45, 2.75) is 44.8 Å². The molecule has 9 nitrogen and oxygen atoms in total. The number of benzene rings is 2. The molecule has 4 fully saturated rings. The summed E-state index contributed by atoms with van der Waals surface area (Å²) in [5, 5.41) is 5.86. The lowest BCUT2D eigenvalue weighted by atomic mass is 9.53. The Kier molecular flexibility index (Phi) is 5.60. The molecule has 6 aromatic rings. The SMILES string of the molecule is COc1cc(C(=O)N2CC3CC4CC2[C@H]43)cc2nc(-c3cc4ccccc4n3CC3CC3)n(Cc3cnn(-c4cccnc4)c3)c12. The molecule has 3 aliphatic carbocycles. The normalized spacial score (nSPS) is 23.0. The van der Waals surface area contributed by atoms with E-state index in [4.69, 9.17) is 9.72 Å². The van der Waals surface area contributed by atoms with Crippen LogP contribution in [0.1, 0.15) is 41.6 Å². The van der Waals surface area contributed by atoms with Crippen molar-refractivity contribution in [3.63, 3.8) is 0 Å². The van der Waals surface area contributed by atoms with Crippen LogP contribution in [0.3, 0.4) is 0 Å². The molecular formula is C37H35N7O2. The first-order valence-corrected chi connectivity index (χ1v) is 16.5. The second kappa shape index (κ2) is 9.79. The topological polar surface area (TPSA) is 83.0 Å². The van der Waals surface area contributed by atoms with Crippen molar-refractivity contribution in [3.8, 4) is 23.0 Å². The third-order valence-corrected chi connectivity index (χ3v) is 11.1. The van der Waals surface area contributed by atoms with Crippen molar-refractivity contribution in [1.82, 2.24) is 33.8 Å². The van der Waals surface area contributed by atoms with E-state index < -0.39 is 0 Å². The molecular weight excluding hydrogens is 574 g/mol. The number of pyridine rings is 1. The average molecular weight is 610 g/mol. The van der Waals surface area contributed by atoms with Crippen molar-refractivity contribution in [2.24, 2.45) is 23.7 Å². The molecule has 1 saturated heterocycles. The Bertz CT molecular complexity index is 2160. The van der Waals surface area contributed by atoms with Gasteiger partial charge in [0.15, 0.2) is 5.82 Å². The molecule has 4 aliphatic rings. The van der Waals surface area contributed by atoms with Gasteiger partial charge >= 0.3 is 0 Å². The highest BCUT2D eigenvalue weighted by atomic mass is 16.5. The number of aromatic nitrogens is 6. The van der Waals surface area contributed by atoms with E-state index in [0.29, 0.717) is 35.7 Å². The Morgan fingerprint density at radius 2 is 1.91 bits per heavy atom. The highest BCUT2D eigenvalue weighted by Crippen LogP contribution is 2.60. The minimum atomic E-state index is 0.106. The summed E-state index contributed by atoms with van der Waals surface area (Å²) >= 11 is 0. The summed E-state index contributed by atoms with van der Waals surface area (Å²) in [5.41, 5.74) is 6.55. The Balaban J connectivity index is 1.13. The second-order valence-electron chi connectivity index (χ2n) is 13.8. The van der Waals surface area contributed by atoms with E-state index in [9.17, 15) is 4.79 Å². The van der Waals surface area contributed by atoms with Gasteiger partial charge in [0.25, 0.3) is 5.91 Å². The number of hydrogen-bond acceptors (Lipinski definition) is 5. The molecule has 4 aromatic heterocycles. The molecule has 1 amide bonds. The van der Waals surface area contributed by atoms with E-state index in [1.165, 1.54) is 30.2 Å².